The van der Waals surface area contributed by atoms with E-state index < -0.39 is 0 Å². The van der Waals surface area contributed by atoms with Crippen molar-refractivity contribution >= 4 is 0 Å². The van der Waals surface area contributed by atoms with Gasteiger partial charge < -0.3 is 10.2 Å². The van der Waals surface area contributed by atoms with Gasteiger partial charge in [0.25, 0.3) is 0 Å². The Morgan fingerprint density at radius 1 is 1.50 bits per heavy atom. The number of hydrogen-bond acceptors (Lipinski definition) is 2. The molecule has 0 aliphatic heterocycles. The molecule has 3 heteroatoms. The van der Waals surface area contributed by atoms with Crippen LogP contribution in [0.5, 0.6) is 0 Å². The van der Waals surface area contributed by atoms with Gasteiger partial charge in [0.1, 0.15) is 6.67 Å². The van der Waals surface area contributed by atoms with E-state index in [1.807, 2.05) is 14.1 Å². The average Bonchev–Trinajstić information content (AvgIpc) is 1.82. The van der Waals surface area contributed by atoms with Gasteiger partial charge in [-0.25, -0.2) is 4.39 Å². The Hall–Kier alpha value is -0.150. The first-order chi connectivity index (χ1) is 4.66. The molecule has 0 heterocycles. The van der Waals surface area contributed by atoms with E-state index in [0.29, 0.717) is 12.6 Å². The second-order valence-electron chi connectivity index (χ2n) is 2.81. The van der Waals surface area contributed by atoms with Crippen LogP contribution in [0.4, 0.5) is 4.39 Å². The summed E-state index contributed by atoms with van der Waals surface area (Å²) in [4.78, 5) is 2.08. The van der Waals surface area contributed by atoms with Crippen LogP contribution in [-0.2, 0) is 0 Å². The molecule has 0 saturated heterocycles. The zero-order valence-electron chi connectivity index (χ0n) is 7.02. The lowest BCUT2D eigenvalue weighted by Gasteiger charge is -2.17. The van der Waals surface area contributed by atoms with Crippen molar-refractivity contribution in [3.63, 3.8) is 0 Å². The van der Waals surface area contributed by atoms with Crippen molar-refractivity contribution in [2.45, 2.75) is 13.0 Å². The monoisotopic (exact) mass is 148 g/mol. The Balaban J connectivity index is 3.16. The molecule has 1 atom stereocenters. The maximum absolute atomic E-state index is 11.6. The third-order valence-corrected chi connectivity index (χ3v) is 1.23. The van der Waals surface area contributed by atoms with E-state index in [-0.39, 0.29) is 6.67 Å². The zero-order chi connectivity index (χ0) is 7.98. The molecular weight excluding hydrogens is 131 g/mol. The lowest BCUT2D eigenvalue weighted by molar-refractivity contribution is 0.340. The van der Waals surface area contributed by atoms with Crippen molar-refractivity contribution in [1.82, 2.24) is 10.2 Å². The van der Waals surface area contributed by atoms with Crippen LogP contribution in [0.1, 0.15) is 6.92 Å². The molecule has 0 aliphatic rings. The second kappa shape index (κ2) is 5.62. The number of rotatable bonds is 5. The third-order valence-electron chi connectivity index (χ3n) is 1.23. The van der Waals surface area contributed by atoms with E-state index >= 15 is 0 Å². The summed E-state index contributed by atoms with van der Waals surface area (Å²) in [5.41, 5.74) is 0. The van der Waals surface area contributed by atoms with Crippen molar-refractivity contribution < 1.29 is 4.39 Å². The summed E-state index contributed by atoms with van der Waals surface area (Å²) in [7, 11) is 4.02. The summed E-state index contributed by atoms with van der Waals surface area (Å²) < 4.78 is 11.6. The number of alkyl halides is 1. The van der Waals surface area contributed by atoms with Gasteiger partial charge in [-0.2, -0.15) is 0 Å². The fourth-order valence-electron chi connectivity index (χ4n) is 0.913. The summed E-state index contributed by atoms with van der Waals surface area (Å²) in [5.74, 6) is 0. The van der Waals surface area contributed by atoms with Crippen LogP contribution in [-0.4, -0.2) is 44.8 Å². The lowest BCUT2D eigenvalue weighted by atomic mass is 10.3. The highest BCUT2D eigenvalue weighted by atomic mass is 19.1. The van der Waals surface area contributed by atoms with Gasteiger partial charge in [-0.3, -0.25) is 0 Å². The van der Waals surface area contributed by atoms with Crippen LogP contribution >= 0.6 is 0 Å². The summed E-state index contributed by atoms with van der Waals surface area (Å²) >= 11 is 0. The van der Waals surface area contributed by atoms with Crippen LogP contribution in [0.25, 0.3) is 0 Å². The Kier molecular flexibility index (Phi) is 5.54. The minimum atomic E-state index is -0.280. The van der Waals surface area contributed by atoms with Crippen LogP contribution in [0.3, 0.4) is 0 Å². The van der Waals surface area contributed by atoms with Gasteiger partial charge in [0, 0.05) is 19.1 Å². The molecule has 0 bridgehead atoms. The molecule has 0 spiro atoms. The summed E-state index contributed by atoms with van der Waals surface area (Å²) in [6, 6.07) is 0.380. The summed E-state index contributed by atoms with van der Waals surface area (Å²) in [6.45, 7) is 3.20. The molecule has 1 N–H and O–H groups in total. The molecule has 0 aromatic rings. The van der Waals surface area contributed by atoms with Crippen molar-refractivity contribution in [2.24, 2.45) is 0 Å². The Morgan fingerprint density at radius 2 is 2.10 bits per heavy atom. The van der Waals surface area contributed by atoms with E-state index in [2.05, 4.69) is 17.1 Å². The van der Waals surface area contributed by atoms with Crippen LogP contribution < -0.4 is 5.32 Å². The maximum Gasteiger partial charge on any atom is 0.102 e. The minimum absolute atomic E-state index is 0.280. The molecule has 0 aromatic carbocycles. The summed E-state index contributed by atoms with van der Waals surface area (Å²) in [6.07, 6.45) is 0. The molecule has 2 nitrogen and oxygen atoms in total. The first kappa shape index (κ1) is 9.85. The quantitative estimate of drug-likeness (QED) is 0.610. The van der Waals surface area contributed by atoms with Gasteiger partial charge in [-0.15, -0.1) is 0 Å². The number of hydrogen-bond donors (Lipinski definition) is 1. The van der Waals surface area contributed by atoms with Crippen molar-refractivity contribution in [3.8, 4) is 0 Å². The molecule has 62 valence electrons. The molecule has 10 heavy (non-hydrogen) atoms. The SMILES string of the molecule is CC(CN(C)C)NCCF. The highest BCUT2D eigenvalue weighted by Gasteiger charge is 2.00. The zero-order valence-corrected chi connectivity index (χ0v) is 7.02. The van der Waals surface area contributed by atoms with Gasteiger partial charge in [0.15, 0.2) is 0 Å². The van der Waals surface area contributed by atoms with Gasteiger partial charge in [-0.1, -0.05) is 0 Å². The number of nitrogens with one attached hydrogen (secondary N) is 1. The number of nitrogens with zero attached hydrogens (tertiary/aromatic N) is 1. The van der Waals surface area contributed by atoms with Crippen LogP contribution in [0, 0.1) is 0 Å². The summed E-state index contributed by atoms with van der Waals surface area (Å²) in [5, 5.41) is 3.05. The van der Waals surface area contributed by atoms with Gasteiger partial charge >= 0.3 is 0 Å². The molecule has 0 radical (unpaired) electrons. The minimum Gasteiger partial charge on any atom is -0.310 e. The molecule has 0 fully saturated rings. The second-order valence-corrected chi connectivity index (χ2v) is 2.81. The predicted octanol–water partition coefficient (Wildman–Crippen LogP) is 0.496. The fraction of sp³-hybridized carbons (Fsp3) is 1.00. The van der Waals surface area contributed by atoms with Crippen molar-refractivity contribution in [1.29, 1.82) is 0 Å². The van der Waals surface area contributed by atoms with E-state index in [4.69, 9.17) is 0 Å². The van der Waals surface area contributed by atoms with Crippen molar-refractivity contribution in [2.75, 3.05) is 33.9 Å². The topological polar surface area (TPSA) is 15.3 Å². The van der Waals surface area contributed by atoms with Crippen LogP contribution in [0.15, 0.2) is 0 Å². The molecule has 0 aromatic heterocycles. The van der Waals surface area contributed by atoms with Gasteiger partial charge in [-0.05, 0) is 21.0 Å². The van der Waals surface area contributed by atoms with E-state index in [9.17, 15) is 4.39 Å². The number of likely N-dealkylation sites (N-methyl/N-ethyl adjacent to an activating group) is 1. The number of halogens is 1. The van der Waals surface area contributed by atoms with Gasteiger partial charge in [0.2, 0.25) is 0 Å². The smallest absolute Gasteiger partial charge is 0.102 e. The largest absolute Gasteiger partial charge is 0.310 e. The lowest BCUT2D eigenvalue weighted by Crippen LogP contribution is -2.36. The third kappa shape index (κ3) is 5.98. The highest BCUT2D eigenvalue weighted by Crippen LogP contribution is 1.83. The molecule has 0 amide bonds. The van der Waals surface area contributed by atoms with E-state index in [1.54, 1.807) is 0 Å². The first-order valence-electron chi connectivity index (χ1n) is 3.61. The Bertz CT molecular complexity index is 76.0. The molecular formula is C7H17FN2. The standard InChI is InChI=1S/C7H17FN2/c1-7(6-10(2)3)9-5-4-8/h7,9H,4-6H2,1-3H3. The molecule has 0 saturated carbocycles. The highest BCUT2D eigenvalue weighted by molar-refractivity contribution is 4.62. The Morgan fingerprint density at radius 3 is 2.50 bits per heavy atom. The molecule has 0 rings (SSSR count). The van der Waals surface area contributed by atoms with Crippen LogP contribution in [0.2, 0.25) is 0 Å². The average molecular weight is 148 g/mol. The fourth-order valence-corrected chi connectivity index (χ4v) is 0.913. The van der Waals surface area contributed by atoms with E-state index in [0.717, 1.165) is 6.54 Å². The van der Waals surface area contributed by atoms with Crippen molar-refractivity contribution in [3.05, 3.63) is 0 Å². The molecule has 1 unspecified atom stereocenters. The first-order valence-corrected chi connectivity index (χ1v) is 3.61. The normalized spacial score (nSPS) is 14.1. The molecule has 0 aliphatic carbocycles. The Labute approximate surface area is 62.4 Å². The maximum atomic E-state index is 11.6. The predicted molar refractivity (Wildman–Crippen MR) is 42.0 cm³/mol. The van der Waals surface area contributed by atoms with E-state index in [1.165, 1.54) is 0 Å². The van der Waals surface area contributed by atoms with Gasteiger partial charge in [0.05, 0.1) is 0 Å².